The Labute approximate surface area is 135 Å². The van der Waals surface area contributed by atoms with Gasteiger partial charge in [-0.1, -0.05) is 17.8 Å². The lowest BCUT2D eigenvalue weighted by Crippen LogP contribution is -2.39. The number of carbonyl (C=O) groups is 2. The molecule has 0 fully saturated rings. The first-order valence-corrected chi connectivity index (χ1v) is 8.13. The number of urea groups is 1. The highest BCUT2D eigenvalue weighted by atomic mass is 32.2. The second-order valence-electron chi connectivity index (χ2n) is 4.09. The summed E-state index contributed by atoms with van der Waals surface area (Å²) in [5.74, 6) is -0.369. The Morgan fingerprint density at radius 3 is 3.00 bits per heavy atom. The fraction of sp³-hybridized carbons (Fsp3) is 0.143. The molecule has 0 unspecified atom stereocenters. The largest absolute Gasteiger partial charge is 0.333 e. The van der Waals surface area contributed by atoms with E-state index < -0.39 is 11.9 Å². The zero-order valence-corrected chi connectivity index (χ0v) is 13.0. The van der Waals surface area contributed by atoms with E-state index in [2.05, 4.69) is 15.6 Å². The number of pyridine rings is 1. The van der Waals surface area contributed by atoms with Gasteiger partial charge in [-0.2, -0.15) is 5.26 Å². The summed E-state index contributed by atoms with van der Waals surface area (Å²) >= 11 is 2.69. The molecule has 0 atom stereocenters. The van der Waals surface area contributed by atoms with Crippen LogP contribution in [0.2, 0.25) is 0 Å². The van der Waals surface area contributed by atoms with Crippen LogP contribution in [0.1, 0.15) is 10.4 Å². The van der Waals surface area contributed by atoms with Crippen molar-refractivity contribution >= 4 is 35.0 Å². The molecule has 0 aliphatic rings. The maximum Gasteiger partial charge on any atom is 0.321 e. The lowest BCUT2D eigenvalue weighted by atomic mass is 10.3. The lowest BCUT2D eigenvalue weighted by molar-refractivity contribution is -0.117. The van der Waals surface area contributed by atoms with Gasteiger partial charge < -0.3 is 5.32 Å². The summed E-state index contributed by atoms with van der Waals surface area (Å²) in [6.07, 6.45) is 1.51. The number of nitrogens with one attached hydrogen (secondary N) is 2. The third-order valence-electron chi connectivity index (χ3n) is 2.47. The molecule has 0 bridgehead atoms. The number of hydrogen-bond donors (Lipinski definition) is 2. The standard InChI is InChI=1S/C14H12N4O2S2/c15-7-10-3-4-16-13(6-10)22-9-12(19)18-14(20)17-8-11-2-1-5-21-11/h1-6H,8-9H2,(H2,17,18,19,20). The van der Waals surface area contributed by atoms with Crippen molar-refractivity contribution in [3.05, 3.63) is 46.3 Å². The highest BCUT2D eigenvalue weighted by molar-refractivity contribution is 7.99. The molecule has 0 radical (unpaired) electrons. The van der Waals surface area contributed by atoms with Gasteiger partial charge in [0.2, 0.25) is 5.91 Å². The molecule has 2 N–H and O–H groups in total. The van der Waals surface area contributed by atoms with Gasteiger partial charge in [-0.3, -0.25) is 10.1 Å². The van der Waals surface area contributed by atoms with Crippen LogP contribution in [0.3, 0.4) is 0 Å². The molecular formula is C14H12N4O2S2. The van der Waals surface area contributed by atoms with E-state index >= 15 is 0 Å². The van der Waals surface area contributed by atoms with Crippen molar-refractivity contribution in [2.75, 3.05) is 5.75 Å². The van der Waals surface area contributed by atoms with E-state index in [0.29, 0.717) is 17.1 Å². The molecule has 0 spiro atoms. The second kappa shape index (κ2) is 8.17. The number of nitriles is 1. The minimum atomic E-state index is -0.530. The van der Waals surface area contributed by atoms with Crippen LogP contribution in [-0.4, -0.2) is 22.7 Å². The van der Waals surface area contributed by atoms with Crippen molar-refractivity contribution in [1.82, 2.24) is 15.6 Å². The number of aromatic nitrogens is 1. The number of imide groups is 1. The molecule has 112 valence electrons. The van der Waals surface area contributed by atoms with Crippen LogP contribution in [0.15, 0.2) is 40.9 Å². The molecule has 6 nitrogen and oxygen atoms in total. The van der Waals surface area contributed by atoms with E-state index in [1.54, 1.807) is 12.1 Å². The second-order valence-corrected chi connectivity index (χ2v) is 6.12. The Morgan fingerprint density at radius 1 is 1.41 bits per heavy atom. The quantitative estimate of drug-likeness (QED) is 0.818. The minimum absolute atomic E-state index is 0.0499. The maximum absolute atomic E-state index is 11.7. The Bertz CT molecular complexity index is 695. The molecule has 0 aliphatic carbocycles. The van der Waals surface area contributed by atoms with E-state index in [-0.39, 0.29) is 5.75 Å². The number of carbonyl (C=O) groups excluding carboxylic acids is 2. The summed E-state index contributed by atoms with van der Waals surface area (Å²) in [6, 6.07) is 8.44. The summed E-state index contributed by atoms with van der Waals surface area (Å²) in [7, 11) is 0. The molecule has 2 aromatic heterocycles. The Hall–Kier alpha value is -2.37. The molecule has 0 saturated carbocycles. The average molecular weight is 332 g/mol. The average Bonchev–Trinajstić information content (AvgIpc) is 3.04. The predicted molar refractivity (Wildman–Crippen MR) is 84.4 cm³/mol. The van der Waals surface area contributed by atoms with Crippen molar-refractivity contribution < 1.29 is 9.59 Å². The zero-order chi connectivity index (χ0) is 15.8. The molecule has 3 amide bonds. The summed E-state index contributed by atoms with van der Waals surface area (Å²) in [6.45, 7) is 0.385. The number of thiophene rings is 1. The normalized spacial score (nSPS) is 9.77. The van der Waals surface area contributed by atoms with Gasteiger partial charge in [0.05, 0.1) is 29.0 Å². The van der Waals surface area contributed by atoms with E-state index in [0.717, 1.165) is 16.6 Å². The molecule has 0 aromatic carbocycles. The first kappa shape index (κ1) is 16.0. The third kappa shape index (κ3) is 5.20. The fourth-order valence-electron chi connectivity index (χ4n) is 1.48. The van der Waals surface area contributed by atoms with Gasteiger partial charge >= 0.3 is 6.03 Å². The van der Waals surface area contributed by atoms with Crippen molar-refractivity contribution in [1.29, 1.82) is 5.26 Å². The van der Waals surface area contributed by atoms with Gasteiger partial charge in [0.1, 0.15) is 0 Å². The third-order valence-corrected chi connectivity index (χ3v) is 4.27. The van der Waals surface area contributed by atoms with Crippen LogP contribution >= 0.6 is 23.1 Å². The van der Waals surface area contributed by atoms with Crippen LogP contribution in [0.25, 0.3) is 0 Å². The number of nitrogens with zero attached hydrogens (tertiary/aromatic N) is 2. The van der Waals surface area contributed by atoms with E-state index in [1.165, 1.54) is 17.5 Å². The van der Waals surface area contributed by atoms with Gasteiger partial charge in [0.25, 0.3) is 0 Å². The van der Waals surface area contributed by atoms with Gasteiger partial charge in [0, 0.05) is 11.1 Å². The summed E-state index contributed by atoms with van der Waals surface area (Å²) in [5.41, 5.74) is 0.478. The topological polar surface area (TPSA) is 94.9 Å². The first-order chi connectivity index (χ1) is 10.7. The van der Waals surface area contributed by atoms with Crippen LogP contribution in [0, 0.1) is 11.3 Å². The minimum Gasteiger partial charge on any atom is -0.333 e. The predicted octanol–water partition coefficient (Wildman–Crippen LogP) is 2.13. The Balaban J connectivity index is 1.73. The van der Waals surface area contributed by atoms with Crippen molar-refractivity contribution in [2.45, 2.75) is 11.6 Å². The molecule has 2 rings (SSSR count). The van der Waals surface area contributed by atoms with E-state index in [4.69, 9.17) is 5.26 Å². The number of thioether (sulfide) groups is 1. The molecule has 22 heavy (non-hydrogen) atoms. The molecule has 0 aliphatic heterocycles. The van der Waals surface area contributed by atoms with E-state index in [1.807, 2.05) is 23.6 Å². The van der Waals surface area contributed by atoms with Crippen molar-refractivity contribution in [3.8, 4) is 6.07 Å². The van der Waals surface area contributed by atoms with Gasteiger partial charge in [-0.15, -0.1) is 11.3 Å². The number of hydrogen-bond acceptors (Lipinski definition) is 6. The highest BCUT2D eigenvalue weighted by Gasteiger charge is 2.09. The summed E-state index contributed by atoms with van der Waals surface area (Å²) in [5, 5.41) is 16.1. The molecule has 8 heteroatoms. The monoisotopic (exact) mass is 332 g/mol. The van der Waals surface area contributed by atoms with Gasteiger partial charge in [0.15, 0.2) is 0 Å². The van der Waals surface area contributed by atoms with Crippen LogP contribution in [0.4, 0.5) is 4.79 Å². The Morgan fingerprint density at radius 2 is 2.27 bits per heavy atom. The van der Waals surface area contributed by atoms with Gasteiger partial charge in [-0.25, -0.2) is 9.78 Å². The summed E-state index contributed by atoms with van der Waals surface area (Å²) < 4.78 is 0. The van der Waals surface area contributed by atoms with Crippen LogP contribution in [-0.2, 0) is 11.3 Å². The molecule has 0 saturated heterocycles. The molecule has 2 aromatic rings. The number of amides is 3. The Kier molecular flexibility index (Phi) is 5.94. The lowest BCUT2D eigenvalue weighted by Gasteiger charge is -2.05. The van der Waals surface area contributed by atoms with Crippen LogP contribution in [0.5, 0.6) is 0 Å². The fourth-order valence-corrected chi connectivity index (χ4v) is 2.83. The number of rotatable bonds is 5. The smallest absolute Gasteiger partial charge is 0.321 e. The molecular weight excluding hydrogens is 320 g/mol. The highest BCUT2D eigenvalue weighted by Crippen LogP contribution is 2.15. The maximum atomic E-state index is 11.7. The summed E-state index contributed by atoms with van der Waals surface area (Å²) in [4.78, 5) is 28.3. The van der Waals surface area contributed by atoms with Crippen molar-refractivity contribution in [3.63, 3.8) is 0 Å². The zero-order valence-electron chi connectivity index (χ0n) is 11.4. The first-order valence-electron chi connectivity index (χ1n) is 6.26. The van der Waals surface area contributed by atoms with E-state index in [9.17, 15) is 9.59 Å². The SMILES string of the molecule is N#Cc1ccnc(SCC(=O)NC(=O)NCc2cccs2)c1. The van der Waals surface area contributed by atoms with Gasteiger partial charge in [-0.05, 0) is 23.6 Å². The van der Waals surface area contributed by atoms with Crippen molar-refractivity contribution in [2.24, 2.45) is 0 Å². The van der Waals surface area contributed by atoms with Crippen LogP contribution < -0.4 is 10.6 Å². The molecule has 2 heterocycles.